The molecule has 0 unspecified atom stereocenters. The molecule has 0 saturated heterocycles. The number of amides is 1. The molecule has 2 fully saturated rings. The predicted molar refractivity (Wildman–Crippen MR) is 121 cm³/mol. The maximum absolute atomic E-state index is 11.8. The van der Waals surface area contributed by atoms with Gasteiger partial charge in [-0.1, -0.05) is 6.07 Å². The largest absolute Gasteiger partial charge is 0.447 e. The predicted octanol–water partition coefficient (Wildman–Crippen LogP) is 5.81. The Labute approximate surface area is 180 Å². The number of alkyl carbamates (subject to hydrolysis) is 1. The number of ether oxygens (including phenoxy) is 1. The van der Waals surface area contributed by atoms with Gasteiger partial charge in [0.2, 0.25) is 0 Å². The topological polar surface area (TPSA) is 77.2 Å². The summed E-state index contributed by atoms with van der Waals surface area (Å²) in [5, 5.41) is 4.95. The molecule has 0 spiro atoms. The van der Waals surface area contributed by atoms with Crippen molar-refractivity contribution in [2.75, 3.05) is 5.73 Å². The van der Waals surface area contributed by atoms with Crippen LogP contribution in [0.5, 0.6) is 0 Å². The quantitative estimate of drug-likeness (QED) is 0.565. The molecule has 1 aromatic heterocycles. The Balaban J connectivity index is 1.38. The molecule has 2 aliphatic rings. The highest BCUT2D eigenvalue weighted by atomic mass is 32.2. The van der Waals surface area contributed by atoms with Gasteiger partial charge in [-0.2, -0.15) is 0 Å². The molecule has 0 radical (unpaired) electrons. The maximum atomic E-state index is 11.8. The molecule has 29 heavy (non-hydrogen) atoms. The fourth-order valence-corrected chi connectivity index (χ4v) is 6.14. The highest BCUT2D eigenvalue weighted by Gasteiger charge is 2.27. The third-order valence-corrected chi connectivity index (χ3v) is 7.94. The van der Waals surface area contributed by atoms with E-state index in [-0.39, 0.29) is 18.2 Å². The summed E-state index contributed by atoms with van der Waals surface area (Å²) in [6.45, 7) is 3.73. The van der Waals surface area contributed by atoms with E-state index in [1.54, 1.807) is 11.3 Å². The molecule has 1 heterocycles. The number of nitrogen functional groups attached to an aromatic ring is 1. The molecule has 2 saturated carbocycles. The first-order valence-electron chi connectivity index (χ1n) is 10.5. The standard InChI is InChI=1S/C22H29N3O2S2/c1-13(2)27-22(26)25-16-6-3-14(4-7-16)21-24-12-20(29-21)18-10-5-15(23)11-19(18)28-17-8-9-17/h5,10-14,16-17H,3-4,6-9,23H2,1-2H3,(H,25,26). The molecule has 5 nitrogen and oxygen atoms in total. The number of anilines is 1. The van der Waals surface area contributed by atoms with E-state index >= 15 is 0 Å². The summed E-state index contributed by atoms with van der Waals surface area (Å²) in [4.78, 5) is 19.1. The minimum absolute atomic E-state index is 0.0867. The molecule has 2 aliphatic carbocycles. The van der Waals surface area contributed by atoms with Crippen LogP contribution in [-0.2, 0) is 4.74 Å². The lowest BCUT2D eigenvalue weighted by atomic mass is 9.86. The zero-order chi connectivity index (χ0) is 20.4. The van der Waals surface area contributed by atoms with E-state index < -0.39 is 0 Å². The second kappa shape index (κ2) is 8.96. The number of hydrogen-bond acceptors (Lipinski definition) is 6. The van der Waals surface area contributed by atoms with Gasteiger partial charge in [-0.05, 0) is 64.5 Å². The molecular formula is C22H29N3O2S2. The number of carbonyl (C=O) groups is 1. The van der Waals surface area contributed by atoms with Gasteiger partial charge in [-0.15, -0.1) is 23.1 Å². The Bertz CT molecular complexity index is 855. The number of rotatable bonds is 6. The van der Waals surface area contributed by atoms with Crippen molar-refractivity contribution in [1.29, 1.82) is 0 Å². The van der Waals surface area contributed by atoms with E-state index in [0.29, 0.717) is 5.92 Å². The summed E-state index contributed by atoms with van der Waals surface area (Å²) in [6.07, 6.45) is 8.27. The number of carbonyl (C=O) groups excluding carboxylic acids is 1. The van der Waals surface area contributed by atoms with Gasteiger partial charge in [-0.3, -0.25) is 0 Å². The van der Waals surface area contributed by atoms with Crippen LogP contribution >= 0.6 is 23.1 Å². The molecule has 0 atom stereocenters. The van der Waals surface area contributed by atoms with Crippen molar-refractivity contribution >= 4 is 34.9 Å². The molecule has 0 bridgehead atoms. The van der Waals surface area contributed by atoms with Crippen molar-refractivity contribution < 1.29 is 9.53 Å². The summed E-state index contributed by atoms with van der Waals surface area (Å²) in [6, 6.07) is 6.43. The van der Waals surface area contributed by atoms with Gasteiger partial charge in [0.05, 0.1) is 16.0 Å². The van der Waals surface area contributed by atoms with Crippen LogP contribution in [-0.4, -0.2) is 28.5 Å². The summed E-state index contributed by atoms with van der Waals surface area (Å²) >= 11 is 3.75. The average Bonchev–Trinajstić information content (AvgIpc) is 3.35. The lowest BCUT2D eigenvalue weighted by Crippen LogP contribution is -2.38. The van der Waals surface area contributed by atoms with Crippen molar-refractivity contribution in [3.8, 4) is 10.4 Å². The van der Waals surface area contributed by atoms with Crippen molar-refractivity contribution in [1.82, 2.24) is 10.3 Å². The van der Waals surface area contributed by atoms with Crippen LogP contribution in [0.3, 0.4) is 0 Å². The highest BCUT2D eigenvalue weighted by molar-refractivity contribution is 8.00. The molecule has 0 aliphatic heterocycles. The van der Waals surface area contributed by atoms with Gasteiger partial charge in [0, 0.05) is 39.6 Å². The highest BCUT2D eigenvalue weighted by Crippen LogP contribution is 2.45. The molecule has 2 aromatic rings. The Hall–Kier alpha value is -1.73. The molecule has 3 N–H and O–H groups in total. The Morgan fingerprint density at radius 2 is 2.00 bits per heavy atom. The van der Waals surface area contributed by atoms with Gasteiger partial charge in [0.1, 0.15) is 0 Å². The van der Waals surface area contributed by atoms with Gasteiger partial charge >= 0.3 is 6.09 Å². The Kier molecular flexibility index (Phi) is 6.35. The van der Waals surface area contributed by atoms with Crippen LogP contribution < -0.4 is 11.1 Å². The zero-order valence-corrected chi connectivity index (χ0v) is 18.7. The summed E-state index contributed by atoms with van der Waals surface area (Å²) in [5.74, 6) is 0.473. The van der Waals surface area contributed by atoms with Gasteiger partial charge < -0.3 is 15.8 Å². The van der Waals surface area contributed by atoms with Crippen LogP contribution in [0.1, 0.15) is 63.3 Å². The first-order valence-corrected chi connectivity index (χ1v) is 12.2. The van der Waals surface area contributed by atoms with Gasteiger partial charge in [0.15, 0.2) is 0 Å². The molecular weight excluding hydrogens is 402 g/mol. The van der Waals surface area contributed by atoms with E-state index in [1.807, 2.05) is 37.9 Å². The van der Waals surface area contributed by atoms with Crippen LogP contribution in [0, 0.1) is 0 Å². The zero-order valence-electron chi connectivity index (χ0n) is 17.0. The van der Waals surface area contributed by atoms with Crippen molar-refractivity contribution in [2.45, 2.75) is 80.6 Å². The van der Waals surface area contributed by atoms with E-state index in [1.165, 1.54) is 33.2 Å². The Morgan fingerprint density at radius 1 is 1.24 bits per heavy atom. The first-order chi connectivity index (χ1) is 14.0. The van der Waals surface area contributed by atoms with Crippen LogP contribution in [0.25, 0.3) is 10.4 Å². The third-order valence-electron chi connectivity index (χ3n) is 5.35. The minimum Gasteiger partial charge on any atom is -0.447 e. The summed E-state index contributed by atoms with van der Waals surface area (Å²) in [7, 11) is 0. The number of hydrogen-bond donors (Lipinski definition) is 2. The third kappa shape index (κ3) is 5.45. The molecule has 1 aromatic carbocycles. The van der Waals surface area contributed by atoms with Gasteiger partial charge in [0.25, 0.3) is 0 Å². The van der Waals surface area contributed by atoms with E-state index in [0.717, 1.165) is 36.6 Å². The molecule has 4 rings (SSSR count). The number of nitrogens with zero attached hydrogens (tertiary/aromatic N) is 1. The monoisotopic (exact) mass is 431 g/mol. The average molecular weight is 432 g/mol. The van der Waals surface area contributed by atoms with Crippen molar-refractivity contribution in [3.05, 3.63) is 29.4 Å². The number of benzene rings is 1. The number of nitrogens with one attached hydrogen (secondary N) is 1. The summed E-state index contributed by atoms with van der Waals surface area (Å²) in [5.41, 5.74) is 8.11. The van der Waals surface area contributed by atoms with Crippen LogP contribution in [0.4, 0.5) is 10.5 Å². The number of nitrogens with two attached hydrogens (primary N) is 1. The second-order valence-electron chi connectivity index (χ2n) is 8.28. The van der Waals surface area contributed by atoms with E-state index in [4.69, 9.17) is 15.5 Å². The summed E-state index contributed by atoms with van der Waals surface area (Å²) < 4.78 is 5.20. The number of thiazole rings is 1. The first kappa shape index (κ1) is 20.5. The SMILES string of the molecule is CC(C)OC(=O)NC1CCC(c2ncc(-c3ccc(N)cc3SC3CC3)s2)CC1. The second-order valence-corrected chi connectivity index (χ2v) is 10.7. The van der Waals surface area contributed by atoms with Crippen molar-refractivity contribution in [3.63, 3.8) is 0 Å². The van der Waals surface area contributed by atoms with Crippen molar-refractivity contribution in [2.24, 2.45) is 0 Å². The van der Waals surface area contributed by atoms with E-state index in [9.17, 15) is 4.79 Å². The normalized spacial score (nSPS) is 21.9. The van der Waals surface area contributed by atoms with Crippen LogP contribution in [0.15, 0.2) is 29.3 Å². The fraction of sp³-hybridized carbons (Fsp3) is 0.545. The molecule has 156 valence electrons. The van der Waals surface area contributed by atoms with E-state index in [2.05, 4.69) is 17.4 Å². The molecule has 7 heteroatoms. The number of thioether (sulfide) groups is 1. The smallest absolute Gasteiger partial charge is 0.407 e. The lowest BCUT2D eigenvalue weighted by Gasteiger charge is -2.28. The Morgan fingerprint density at radius 3 is 2.69 bits per heavy atom. The van der Waals surface area contributed by atoms with Crippen LogP contribution in [0.2, 0.25) is 0 Å². The van der Waals surface area contributed by atoms with Gasteiger partial charge in [-0.25, -0.2) is 9.78 Å². The fourth-order valence-electron chi connectivity index (χ4n) is 3.71. The molecule has 1 amide bonds. The minimum atomic E-state index is -0.302. The number of aromatic nitrogens is 1. The lowest BCUT2D eigenvalue weighted by molar-refractivity contribution is 0.109. The maximum Gasteiger partial charge on any atom is 0.407 e.